The van der Waals surface area contributed by atoms with Gasteiger partial charge in [-0.15, -0.1) is 0 Å². The third-order valence-electron chi connectivity index (χ3n) is 3.82. The molecule has 2 atom stereocenters. The number of aryl methyl sites for hydroxylation is 2. The van der Waals surface area contributed by atoms with Gasteiger partial charge in [0.2, 0.25) is 0 Å². The molecule has 2 N–H and O–H groups in total. The fourth-order valence-electron chi connectivity index (χ4n) is 2.61. The molecule has 1 aromatic rings. The summed E-state index contributed by atoms with van der Waals surface area (Å²) in [6.45, 7) is 4.49. The van der Waals surface area contributed by atoms with E-state index in [0.29, 0.717) is 6.04 Å². The van der Waals surface area contributed by atoms with Crippen molar-refractivity contribution in [3.05, 3.63) is 34.9 Å². The van der Waals surface area contributed by atoms with Gasteiger partial charge in [-0.1, -0.05) is 25.1 Å². The number of rotatable bonds is 5. The molecule has 1 aromatic carbocycles. The van der Waals surface area contributed by atoms with Gasteiger partial charge in [-0.2, -0.15) is 0 Å². The fourth-order valence-corrected chi connectivity index (χ4v) is 2.61. The highest BCUT2D eigenvalue weighted by Crippen LogP contribution is 2.25. The molecule has 0 saturated heterocycles. The maximum Gasteiger partial charge on any atom is 0.0584 e. The molecule has 0 fully saturated rings. The molecular formula is C15H23NO. The van der Waals surface area contributed by atoms with E-state index in [1.807, 2.05) is 0 Å². The minimum atomic E-state index is 0.207. The van der Waals surface area contributed by atoms with Crippen molar-refractivity contribution < 1.29 is 5.11 Å². The average Bonchev–Trinajstić information content (AvgIpc) is 2.82. The van der Waals surface area contributed by atoms with Crippen molar-refractivity contribution in [2.45, 2.75) is 51.6 Å². The van der Waals surface area contributed by atoms with Gasteiger partial charge in [0.1, 0.15) is 0 Å². The number of nitrogens with one attached hydrogen (secondary N) is 1. The molecule has 0 spiro atoms. The lowest BCUT2D eigenvalue weighted by Gasteiger charge is -2.21. The predicted molar refractivity (Wildman–Crippen MR) is 71.2 cm³/mol. The highest BCUT2D eigenvalue weighted by Gasteiger charge is 2.15. The molecule has 0 aromatic heterocycles. The lowest BCUT2D eigenvalue weighted by Crippen LogP contribution is -2.33. The van der Waals surface area contributed by atoms with E-state index in [0.717, 1.165) is 6.42 Å². The standard InChI is InChI=1S/C15H23NO/c1-3-15(10-17)16-11(2)13-8-7-12-5-4-6-14(12)9-13/h7-9,11,15-17H,3-6,10H2,1-2H3. The summed E-state index contributed by atoms with van der Waals surface area (Å²) in [5.74, 6) is 0. The Morgan fingerprint density at radius 3 is 2.76 bits per heavy atom. The van der Waals surface area contributed by atoms with Crippen LogP contribution in [0.3, 0.4) is 0 Å². The first-order valence-electron chi connectivity index (χ1n) is 6.73. The van der Waals surface area contributed by atoms with Crippen LogP contribution in [0.5, 0.6) is 0 Å². The summed E-state index contributed by atoms with van der Waals surface area (Å²) in [5.41, 5.74) is 4.39. The van der Waals surface area contributed by atoms with Crippen molar-refractivity contribution in [1.29, 1.82) is 0 Å². The van der Waals surface area contributed by atoms with Gasteiger partial charge in [0.15, 0.2) is 0 Å². The van der Waals surface area contributed by atoms with Gasteiger partial charge in [-0.05, 0) is 49.3 Å². The number of hydrogen-bond donors (Lipinski definition) is 2. The van der Waals surface area contributed by atoms with Gasteiger partial charge in [0, 0.05) is 12.1 Å². The van der Waals surface area contributed by atoms with Crippen molar-refractivity contribution in [2.75, 3.05) is 6.61 Å². The van der Waals surface area contributed by atoms with Crippen LogP contribution in [0.2, 0.25) is 0 Å². The molecule has 0 aliphatic heterocycles. The van der Waals surface area contributed by atoms with Crippen LogP contribution in [0.25, 0.3) is 0 Å². The highest BCUT2D eigenvalue weighted by molar-refractivity contribution is 5.36. The third kappa shape index (κ3) is 2.88. The molecule has 2 rings (SSSR count). The summed E-state index contributed by atoms with van der Waals surface area (Å²) in [5, 5.41) is 12.7. The first kappa shape index (κ1) is 12.6. The molecule has 1 aliphatic carbocycles. The Morgan fingerprint density at radius 1 is 1.29 bits per heavy atom. The quantitative estimate of drug-likeness (QED) is 0.819. The highest BCUT2D eigenvalue weighted by atomic mass is 16.3. The second-order valence-corrected chi connectivity index (χ2v) is 5.06. The largest absolute Gasteiger partial charge is 0.395 e. The Labute approximate surface area is 104 Å². The second kappa shape index (κ2) is 5.65. The monoisotopic (exact) mass is 233 g/mol. The molecule has 0 radical (unpaired) electrons. The molecule has 1 aliphatic rings. The van der Waals surface area contributed by atoms with Crippen LogP contribution in [-0.4, -0.2) is 17.8 Å². The first-order valence-corrected chi connectivity index (χ1v) is 6.73. The fraction of sp³-hybridized carbons (Fsp3) is 0.600. The number of benzene rings is 1. The Morgan fingerprint density at radius 2 is 2.06 bits per heavy atom. The Balaban J connectivity index is 2.06. The van der Waals surface area contributed by atoms with Crippen LogP contribution in [0, 0.1) is 0 Å². The average molecular weight is 233 g/mol. The van der Waals surface area contributed by atoms with Gasteiger partial charge < -0.3 is 10.4 Å². The zero-order valence-electron chi connectivity index (χ0n) is 10.9. The van der Waals surface area contributed by atoms with Gasteiger partial charge in [-0.25, -0.2) is 0 Å². The molecule has 17 heavy (non-hydrogen) atoms. The van der Waals surface area contributed by atoms with E-state index >= 15 is 0 Å². The number of fused-ring (bicyclic) bond motifs is 1. The summed E-state index contributed by atoms with van der Waals surface area (Å²) in [6, 6.07) is 7.36. The molecule has 2 nitrogen and oxygen atoms in total. The lowest BCUT2D eigenvalue weighted by atomic mass is 10.0. The molecule has 2 unspecified atom stereocenters. The maximum atomic E-state index is 9.21. The molecule has 0 heterocycles. The van der Waals surface area contributed by atoms with Crippen molar-refractivity contribution in [3.8, 4) is 0 Å². The predicted octanol–water partition coefficient (Wildman–Crippen LogP) is 2.60. The van der Waals surface area contributed by atoms with Crippen molar-refractivity contribution in [1.82, 2.24) is 5.32 Å². The summed E-state index contributed by atoms with van der Waals surface area (Å²) in [4.78, 5) is 0. The summed E-state index contributed by atoms with van der Waals surface area (Å²) in [6.07, 6.45) is 4.74. The SMILES string of the molecule is CCC(CO)NC(C)c1ccc2c(c1)CCC2. The summed E-state index contributed by atoms with van der Waals surface area (Å²) in [7, 11) is 0. The van der Waals surface area contributed by atoms with E-state index in [1.54, 1.807) is 0 Å². The molecule has 2 heteroatoms. The maximum absolute atomic E-state index is 9.21. The smallest absolute Gasteiger partial charge is 0.0584 e. The van der Waals surface area contributed by atoms with E-state index in [2.05, 4.69) is 37.4 Å². The first-order chi connectivity index (χ1) is 8.24. The van der Waals surface area contributed by atoms with E-state index in [-0.39, 0.29) is 12.6 Å². The van der Waals surface area contributed by atoms with E-state index < -0.39 is 0 Å². The Kier molecular flexibility index (Phi) is 4.19. The van der Waals surface area contributed by atoms with E-state index in [4.69, 9.17) is 0 Å². The topological polar surface area (TPSA) is 32.3 Å². The number of hydrogen-bond acceptors (Lipinski definition) is 2. The van der Waals surface area contributed by atoms with E-state index in [9.17, 15) is 5.11 Å². The third-order valence-corrected chi connectivity index (χ3v) is 3.82. The number of aliphatic hydroxyl groups is 1. The summed E-state index contributed by atoms with van der Waals surface area (Å²) >= 11 is 0. The lowest BCUT2D eigenvalue weighted by molar-refractivity contribution is 0.230. The van der Waals surface area contributed by atoms with E-state index in [1.165, 1.54) is 36.0 Å². The van der Waals surface area contributed by atoms with Crippen LogP contribution in [0.15, 0.2) is 18.2 Å². The van der Waals surface area contributed by atoms with Gasteiger partial charge in [-0.3, -0.25) is 0 Å². The van der Waals surface area contributed by atoms with Crippen molar-refractivity contribution in [2.24, 2.45) is 0 Å². The molecule has 0 amide bonds. The zero-order chi connectivity index (χ0) is 12.3. The molecule has 94 valence electrons. The van der Waals surface area contributed by atoms with Crippen LogP contribution in [-0.2, 0) is 12.8 Å². The van der Waals surface area contributed by atoms with Gasteiger partial charge >= 0.3 is 0 Å². The van der Waals surface area contributed by atoms with Crippen LogP contribution in [0.4, 0.5) is 0 Å². The Hall–Kier alpha value is -0.860. The molecule has 0 saturated carbocycles. The minimum absolute atomic E-state index is 0.207. The van der Waals surface area contributed by atoms with Crippen LogP contribution in [0.1, 0.15) is 49.4 Å². The molecular weight excluding hydrogens is 210 g/mol. The summed E-state index contributed by atoms with van der Waals surface area (Å²) < 4.78 is 0. The molecule has 0 bridgehead atoms. The van der Waals surface area contributed by atoms with Crippen molar-refractivity contribution in [3.63, 3.8) is 0 Å². The van der Waals surface area contributed by atoms with Crippen LogP contribution < -0.4 is 5.32 Å². The van der Waals surface area contributed by atoms with Crippen molar-refractivity contribution >= 4 is 0 Å². The van der Waals surface area contributed by atoms with Gasteiger partial charge in [0.05, 0.1) is 6.61 Å². The second-order valence-electron chi connectivity index (χ2n) is 5.06. The minimum Gasteiger partial charge on any atom is -0.395 e. The zero-order valence-corrected chi connectivity index (χ0v) is 10.9. The number of aliphatic hydroxyl groups excluding tert-OH is 1. The normalized spacial score (nSPS) is 17.8. The van der Waals surface area contributed by atoms with Crippen LogP contribution >= 0.6 is 0 Å². The Bertz CT molecular complexity index is 371. The van der Waals surface area contributed by atoms with Gasteiger partial charge in [0.25, 0.3) is 0 Å².